The summed E-state index contributed by atoms with van der Waals surface area (Å²) in [7, 11) is 0. The second kappa shape index (κ2) is 8.58. The monoisotopic (exact) mass is 169 g/mol. The lowest BCUT2D eigenvalue weighted by Crippen LogP contribution is -2.21. The largest absolute Gasteiger partial charge is 0.382 e. The fraction of sp³-hybridized carbons (Fsp3) is 0.800. The fourth-order valence-corrected chi connectivity index (χ4v) is 0.906. The molecule has 0 aliphatic rings. The van der Waals surface area contributed by atoms with Crippen molar-refractivity contribution in [3.05, 3.63) is 0 Å². The van der Waals surface area contributed by atoms with Gasteiger partial charge < -0.3 is 10.5 Å². The summed E-state index contributed by atoms with van der Waals surface area (Å²) >= 11 is 0. The van der Waals surface area contributed by atoms with Crippen molar-refractivity contribution in [3.8, 4) is 11.8 Å². The van der Waals surface area contributed by atoms with Gasteiger partial charge in [-0.1, -0.05) is 0 Å². The number of nitrogens with two attached hydrogens (primary N) is 1. The van der Waals surface area contributed by atoms with Crippen molar-refractivity contribution >= 4 is 0 Å². The van der Waals surface area contributed by atoms with Gasteiger partial charge in [-0.15, -0.1) is 11.8 Å². The van der Waals surface area contributed by atoms with E-state index in [0.29, 0.717) is 0 Å². The molecule has 0 aromatic rings. The summed E-state index contributed by atoms with van der Waals surface area (Å²) in [5.41, 5.74) is 5.81. The summed E-state index contributed by atoms with van der Waals surface area (Å²) in [6.45, 7) is 5.40. The van der Waals surface area contributed by atoms with Crippen LogP contribution in [0.25, 0.3) is 0 Å². The van der Waals surface area contributed by atoms with E-state index in [-0.39, 0.29) is 6.04 Å². The average molecular weight is 169 g/mol. The molecule has 1 unspecified atom stereocenters. The van der Waals surface area contributed by atoms with Crippen LogP contribution in [0.3, 0.4) is 0 Å². The van der Waals surface area contributed by atoms with Crippen molar-refractivity contribution in [1.82, 2.24) is 0 Å². The third-order valence-corrected chi connectivity index (χ3v) is 1.65. The normalized spacial score (nSPS) is 11.9. The van der Waals surface area contributed by atoms with E-state index >= 15 is 0 Å². The highest BCUT2D eigenvalue weighted by molar-refractivity contribution is 4.95. The Labute approximate surface area is 75.5 Å². The molecule has 2 nitrogen and oxygen atoms in total. The molecule has 0 amide bonds. The molecule has 0 aliphatic carbocycles. The van der Waals surface area contributed by atoms with Gasteiger partial charge in [0.15, 0.2) is 0 Å². The van der Waals surface area contributed by atoms with Crippen LogP contribution in [0.15, 0.2) is 0 Å². The van der Waals surface area contributed by atoms with E-state index in [4.69, 9.17) is 10.5 Å². The van der Waals surface area contributed by atoms with Crippen molar-refractivity contribution in [2.45, 2.75) is 39.2 Å². The molecule has 0 aromatic heterocycles. The Balaban J connectivity index is 3.19. The Hall–Kier alpha value is -0.520. The van der Waals surface area contributed by atoms with Gasteiger partial charge in [0.05, 0.1) is 0 Å². The van der Waals surface area contributed by atoms with Gasteiger partial charge in [0.1, 0.15) is 0 Å². The van der Waals surface area contributed by atoms with Crippen molar-refractivity contribution in [1.29, 1.82) is 0 Å². The lowest BCUT2D eigenvalue weighted by Gasteiger charge is -2.08. The predicted molar refractivity (Wildman–Crippen MR) is 51.8 cm³/mol. The first-order chi connectivity index (χ1) is 5.81. The first-order valence-electron chi connectivity index (χ1n) is 4.54. The highest BCUT2D eigenvalue weighted by Gasteiger charge is 1.99. The first-order valence-corrected chi connectivity index (χ1v) is 4.54. The van der Waals surface area contributed by atoms with Gasteiger partial charge in [-0.2, -0.15) is 0 Å². The third kappa shape index (κ3) is 7.59. The lowest BCUT2D eigenvalue weighted by atomic mass is 10.1. The second-order valence-corrected chi connectivity index (χ2v) is 2.71. The molecule has 0 aromatic carbocycles. The molecule has 2 heteroatoms. The van der Waals surface area contributed by atoms with Gasteiger partial charge in [0.25, 0.3) is 0 Å². The molecule has 0 bridgehead atoms. The summed E-state index contributed by atoms with van der Waals surface area (Å²) in [4.78, 5) is 0. The van der Waals surface area contributed by atoms with Gasteiger partial charge in [-0.3, -0.25) is 0 Å². The van der Waals surface area contributed by atoms with Crippen LogP contribution in [-0.2, 0) is 4.74 Å². The molecule has 0 heterocycles. The van der Waals surface area contributed by atoms with E-state index in [0.717, 1.165) is 32.5 Å². The third-order valence-electron chi connectivity index (χ3n) is 1.65. The van der Waals surface area contributed by atoms with Crippen LogP contribution in [0.4, 0.5) is 0 Å². The van der Waals surface area contributed by atoms with Crippen LogP contribution >= 0.6 is 0 Å². The van der Waals surface area contributed by atoms with Crippen molar-refractivity contribution in [2.75, 3.05) is 13.2 Å². The Kier molecular flexibility index (Phi) is 8.20. The maximum atomic E-state index is 5.81. The fourth-order valence-electron chi connectivity index (χ4n) is 0.906. The Morgan fingerprint density at radius 2 is 2.17 bits per heavy atom. The molecule has 0 fully saturated rings. The first kappa shape index (κ1) is 11.5. The van der Waals surface area contributed by atoms with Crippen LogP contribution in [-0.4, -0.2) is 19.3 Å². The number of hydrogen-bond acceptors (Lipinski definition) is 2. The van der Waals surface area contributed by atoms with Crippen LogP contribution in [0.1, 0.15) is 33.1 Å². The number of rotatable bonds is 6. The van der Waals surface area contributed by atoms with Crippen LogP contribution in [0.2, 0.25) is 0 Å². The average Bonchev–Trinajstić information content (AvgIpc) is 2.06. The summed E-state index contributed by atoms with van der Waals surface area (Å²) in [5.74, 6) is 5.85. The molecule has 1 atom stereocenters. The van der Waals surface area contributed by atoms with E-state index in [1.807, 2.05) is 13.8 Å². The summed E-state index contributed by atoms with van der Waals surface area (Å²) < 4.78 is 5.19. The zero-order valence-electron chi connectivity index (χ0n) is 8.10. The molecule has 70 valence electrons. The minimum Gasteiger partial charge on any atom is -0.382 e. The molecule has 0 aliphatic heterocycles. The van der Waals surface area contributed by atoms with Crippen LogP contribution in [0.5, 0.6) is 0 Å². The van der Waals surface area contributed by atoms with E-state index in [9.17, 15) is 0 Å². The summed E-state index contributed by atoms with van der Waals surface area (Å²) in [6.07, 6.45) is 2.83. The van der Waals surface area contributed by atoms with E-state index in [1.165, 1.54) is 0 Å². The van der Waals surface area contributed by atoms with Crippen LogP contribution in [0, 0.1) is 11.8 Å². The Morgan fingerprint density at radius 1 is 1.42 bits per heavy atom. The minimum absolute atomic E-state index is 0.248. The summed E-state index contributed by atoms with van der Waals surface area (Å²) in [6, 6.07) is 0.248. The standard InChI is InChI=1S/C10H19NO/c1-3-5-6-7-10(11)8-9-12-4-2/h10H,4,6-9,11H2,1-2H3. The van der Waals surface area contributed by atoms with Crippen molar-refractivity contribution in [3.63, 3.8) is 0 Å². The van der Waals surface area contributed by atoms with E-state index in [1.54, 1.807) is 0 Å². The molecule has 0 saturated heterocycles. The molecule has 2 N–H and O–H groups in total. The molecule has 0 radical (unpaired) electrons. The minimum atomic E-state index is 0.248. The van der Waals surface area contributed by atoms with Crippen molar-refractivity contribution < 1.29 is 4.74 Å². The summed E-state index contributed by atoms with van der Waals surface area (Å²) in [5, 5.41) is 0. The highest BCUT2D eigenvalue weighted by Crippen LogP contribution is 1.98. The van der Waals surface area contributed by atoms with Gasteiger partial charge >= 0.3 is 0 Å². The van der Waals surface area contributed by atoms with Gasteiger partial charge in [0, 0.05) is 25.7 Å². The number of hydrogen-bond donors (Lipinski definition) is 1. The van der Waals surface area contributed by atoms with E-state index < -0.39 is 0 Å². The SMILES string of the molecule is CC#CCCC(N)CCOCC. The predicted octanol–water partition coefficient (Wildman–Crippen LogP) is 1.54. The highest BCUT2D eigenvalue weighted by atomic mass is 16.5. The van der Waals surface area contributed by atoms with Gasteiger partial charge in [-0.05, 0) is 26.7 Å². The molecular formula is C10H19NO. The maximum absolute atomic E-state index is 5.81. The quantitative estimate of drug-likeness (QED) is 0.483. The van der Waals surface area contributed by atoms with Crippen molar-refractivity contribution in [2.24, 2.45) is 5.73 Å². The zero-order chi connectivity index (χ0) is 9.23. The van der Waals surface area contributed by atoms with Gasteiger partial charge in [-0.25, -0.2) is 0 Å². The van der Waals surface area contributed by atoms with Crippen LogP contribution < -0.4 is 5.73 Å². The maximum Gasteiger partial charge on any atom is 0.0480 e. The Morgan fingerprint density at radius 3 is 2.75 bits per heavy atom. The zero-order valence-corrected chi connectivity index (χ0v) is 8.10. The lowest BCUT2D eigenvalue weighted by molar-refractivity contribution is 0.139. The topological polar surface area (TPSA) is 35.2 Å². The molecule has 12 heavy (non-hydrogen) atoms. The smallest absolute Gasteiger partial charge is 0.0480 e. The Bertz CT molecular complexity index is 146. The van der Waals surface area contributed by atoms with E-state index in [2.05, 4.69) is 11.8 Å². The molecular weight excluding hydrogens is 150 g/mol. The number of ether oxygens (including phenoxy) is 1. The second-order valence-electron chi connectivity index (χ2n) is 2.71. The molecule has 0 spiro atoms. The van der Waals surface area contributed by atoms with Gasteiger partial charge in [0.2, 0.25) is 0 Å². The molecule has 0 saturated carbocycles. The molecule has 0 rings (SSSR count).